The zero-order chi connectivity index (χ0) is 14.4. The first-order valence-corrected chi connectivity index (χ1v) is 6.59. The minimum absolute atomic E-state index is 0.421. The number of nitrogens with zero attached hydrogens (tertiary/aromatic N) is 2. The van der Waals surface area contributed by atoms with Gasteiger partial charge in [0.05, 0.1) is 12.7 Å². The number of anilines is 1. The van der Waals surface area contributed by atoms with Crippen LogP contribution in [0.4, 0.5) is 5.82 Å². The summed E-state index contributed by atoms with van der Waals surface area (Å²) in [7, 11) is 1.64. The van der Waals surface area contributed by atoms with Crippen molar-refractivity contribution in [3.8, 4) is 11.6 Å². The Morgan fingerprint density at radius 2 is 2.10 bits per heavy atom. The van der Waals surface area contributed by atoms with Gasteiger partial charge in [-0.1, -0.05) is 25.5 Å². The van der Waals surface area contributed by atoms with Crippen LogP contribution in [0.2, 0.25) is 0 Å². The number of hydrogen-bond acceptors (Lipinski definition) is 5. The lowest BCUT2D eigenvalue weighted by molar-refractivity contribution is 0.289. The summed E-state index contributed by atoms with van der Waals surface area (Å²) in [5.74, 6) is 1.85. The quantitative estimate of drug-likeness (QED) is 0.876. The van der Waals surface area contributed by atoms with E-state index in [1.54, 1.807) is 7.11 Å². The van der Waals surface area contributed by atoms with Crippen molar-refractivity contribution in [2.24, 2.45) is 0 Å². The molecular formula is C15H19N3O2. The van der Waals surface area contributed by atoms with Crippen LogP contribution < -0.4 is 15.2 Å². The molecule has 5 nitrogen and oxygen atoms in total. The van der Waals surface area contributed by atoms with Crippen molar-refractivity contribution in [3.63, 3.8) is 0 Å². The Balaban J connectivity index is 2.12. The molecule has 0 aliphatic carbocycles. The highest BCUT2D eigenvalue weighted by molar-refractivity contribution is 5.44. The van der Waals surface area contributed by atoms with E-state index in [9.17, 15) is 0 Å². The van der Waals surface area contributed by atoms with E-state index < -0.39 is 0 Å². The summed E-state index contributed by atoms with van der Waals surface area (Å²) < 4.78 is 11.0. The van der Waals surface area contributed by atoms with Gasteiger partial charge in [-0.3, -0.25) is 0 Å². The van der Waals surface area contributed by atoms with Gasteiger partial charge in [0.2, 0.25) is 5.88 Å². The second kappa shape index (κ2) is 6.75. The lowest BCUT2D eigenvalue weighted by Gasteiger charge is -2.11. The maximum Gasteiger partial charge on any atom is 0.222 e. The number of ether oxygens (including phenoxy) is 2. The zero-order valence-electron chi connectivity index (χ0n) is 11.8. The summed E-state index contributed by atoms with van der Waals surface area (Å²) in [5.41, 5.74) is 7.76. The molecule has 2 N–H and O–H groups in total. The maximum atomic E-state index is 5.87. The molecule has 106 valence electrons. The summed E-state index contributed by atoms with van der Waals surface area (Å²) in [4.78, 5) is 8.18. The zero-order valence-corrected chi connectivity index (χ0v) is 11.8. The molecule has 1 aromatic carbocycles. The first-order valence-electron chi connectivity index (χ1n) is 6.59. The van der Waals surface area contributed by atoms with Gasteiger partial charge in [0.25, 0.3) is 0 Å². The van der Waals surface area contributed by atoms with Crippen molar-refractivity contribution in [1.29, 1.82) is 0 Å². The van der Waals surface area contributed by atoms with Crippen LogP contribution in [-0.2, 0) is 13.0 Å². The van der Waals surface area contributed by atoms with E-state index in [-0.39, 0.29) is 0 Å². The summed E-state index contributed by atoms with van der Waals surface area (Å²) >= 11 is 0. The van der Waals surface area contributed by atoms with E-state index in [1.807, 2.05) is 24.3 Å². The molecule has 5 heteroatoms. The van der Waals surface area contributed by atoms with Gasteiger partial charge in [-0.15, -0.1) is 0 Å². The van der Waals surface area contributed by atoms with Gasteiger partial charge in [0.1, 0.15) is 24.5 Å². The van der Waals surface area contributed by atoms with Gasteiger partial charge in [-0.2, -0.15) is 0 Å². The third-order valence-electron chi connectivity index (χ3n) is 2.95. The summed E-state index contributed by atoms with van der Waals surface area (Å²) in [6.45, 7) is 2.50. The molecule has 0 unspecified atom stereocenters. The van der Waals surface area contributed by atoms with Crippen LogP contribution in [0, 0.1) is 0 Å². The molecule has 1 aromatic heterocycles. The van der Waals surface area contributed by atoms with E-state index in [4.69, 9.17) is 15.2 Å². The van der Waals surface area contributed by atoms with Gasteiger partial charge >= 0.3 is 0 Å². The van der Waals surface area contributed by atoms with E-state index >= 15 is 0 Å². The van der Waals surface area contributed by atoms with Crippen molar-refractivity contribution in [2.45, 2.75) is 26.4 Å². The largest absolute Gasteiger partial charge is 0.497 e. The van der Waals surface area contributed by atoms with Crippen molar-refractivity contribution in [2.75, 3.05) is 12.8 Å². The lowest BCUT2D eigenvalue weighted by atomic mass is 10.2. The number of rotatable bonds is 6. The predicted molar refractivity (Wildman–Crippen MR) is 77.8 cm³/mol. The Bertz CT molecular complexity index is 573. The van der Waals surface area contributed by atoms with Crippen molar-refractivity contribution in [1.82, 2.24) is 9.97 Å². The summed E-state index contributed by atoms with van der Waals surface area (Å²) in [6, 6.07) is 7.74. The molecule has 0 amide bonds. The van der Waals surface area contributed by atoms with E-state index in [1.165, 1.54) is 6.33 Å². The van der Waals surface area contributed by atoms with Crippen LogP contribution in [0.5, 0.6) is 11.6 Å². The molecule has 20 heavy (non-hydrogen) atoms. The number of methoxy groups -OCH3 is 1. The monoisotopic (exact) mass is 273 g/mol. The third kappa shape index (κ3) is 3.38. The van der Waals surface area contributed by atoms with E-state index in [2.05, 4.69) is 16.9 Å². The van der Waals surface area contributed by atoms with Crippen molar-refractivity contribution in [3.05, 3.63) is 41.7 Å². The fraction of sp³-hybridized carbons (Fsp3) is 0.333. The van der Waals surface area contributed by atoms with Crippen LogP contribution in [0.1, 0.15) is 24.5 Å². The van der Waals surface area contributed by atoms with Gasteiger partial charge in [-0.25, -0.2) is 9.97 Å². The molecule has 0 aliphatic heterocycles. The lowest BCUT2D eigenvalue weighted by Crippen LogP contribution is -2.05. The van der Waals surface area contributed by atoms with Crippen LogP contribution in [0.15, 0.2) is 30.6 Å². The molecule has 0 aliphatic rings. The highest BCUT2D eigenvalue weighted by Crippen LogP contribution is 2.22. The van der Waals surface area contributed by atoms with Crippen LogP contribution in [-0.4, -0.2) is 17.1 Å². The fourth-order valence-electron chi connectivity index (χ4n) is 1.93. The highest BCUT2D eigenvalue weighted by atomic mass is 16.5. The second-order valence-corrected chi connectivity index (χ2v) is 4.43. The molecule has 0 radical (unpaired) electrons. The smallest absolute Gasteiger partial charge is 0.222 e. The third-order valence-corrected chi connectivity index (χ3v) is 2.95. The molecular weight excluding hydrogens is 254 g/mol. The summed E-state index contributed by atoms with van der Waals surface area (Å²) in [5, 5.41) is 0. The minimum Gasteiger partial charge on any atom is -0.497 e. The number of aromatic nitrogens is 2. The molecule has 0 bridgehead atoms. The number of nitrogens with two attached hydrogens (primary N) is 1. The first-order chi connectivity index (χ1) is 9.74. The Morgan fingerprint density at radius 3 is 2.85 bits per heavy atom. The molecule has 2 aromatic rings. The minimum atomic E-state index is 0.421. The number of hydrogen-bond donors (Lipinski definition) is 1. The van der Waals surface area contributed by atoms with Gasteiger partial charge < -0.3 is 15.2 Å². The molecule has 0 saturated heterocycles. The maximum absolute atomic E-state index is 5.87. The SMILES string of the molecule is CCCc1c(N)ncnc1OCc1cccc(OC)c1. The Labute approximate surface area is 118 Å². The van der Waals surface area contributed by atoms with E-state index in [0.717, 1.165) is 29.7 Å². The Kier molecular flexibility index (Phi) is 4.76. The normalized spacial score (nSPS) is 10.3. The Morgan fingerprint density at radius 1 is 1.25 bits per heavy atom. The van der Waals surface area contributed by atoms with Gasteiger partial charge in [0, 0.05) is 0 Å². The van der Waals surface area contributed by atoms with Crippen LogP contribution in [0.3, 0.4) is 0 Å². The molecule has 1 heterocycles. The van der Waals surface area contributed by atoms with Gasteiger partial charge in [0.15, 0.2) is 0 Å². The first kappa shape index (κ1) is 14.1. The van der Waals surface area contributed by atoms with Crippen LogP contribution >= 0.6 is 0 Å². The second-order valence-electron chi connectivity index (χ2n) is 4.43. The molecule has 0 atom stereocenters. The number of benzene rings is 1. The van der Waals surface area contributed by atoms with E-state index in [0.29, 0.717) is 18.3 Å². The van der Waals surface area contributed by atoms with Crippen molar-refractivity contribution < 1.29 is 9.47 Å². The fourth-order valence-corrected chi connectivity index (χ4v) is 1.93. The number of nitrogen functional groups attached to an aromatic ring is 1. The molecule has 0 fully saturated rings. The van der Waals surface area contributed by atoms with Crippen molar-refractivity contribution >= 4 is 5.82 Å². The topological polar surface area (TPSA) is 70.3 Å². The molecule has 0 saturated carbocycles. The average Bonchev–Trinajstić information content (AvgIpc) is 2.48. The van der Waals surface area contributed by atoms with Gasteiger partial charge in [-0.05, 0) is 24.1 Å². The average molecular weight is 273 g/mol. The predicted octanol–water partition coefficient (Wildman–Crippen LogP) is 2.60. The standard InChI is InChI=1S/C15H19N3O2/c1-3-5-13-14(16)17-10-18-15(13)20-9-11-6-4-7-12(8-11)19-2/h4,6-8,10H,3,5,9H2,1-2H3,(H2,16,17,18). The van der Waals surface area contributed by atoms with Crippen LogP contribution in [0.25, 0.3) is 0 Å². The summed E-state index contributed by atoms with van der Waals surface area (Å²) in [6.07, 6.45) is 3.20. The Hall–Kier alpha value is -2.30. The molecule has 2 rings (SSSR count). The highest BCUT2D eigenvalue weighted by Gasteiger charge is 2.10. The molecule has 0 spiro atoms.